The van der Waals surface area contributed by atoms with Crippen LogP contribution in [0.15, 0.2) is 36.4 Å². The van der Waals surface area contributed by atoms with Gasteiger partial charge in [-0.3, -0.25) is 0 Å². The standard InChI is InChI=1S/C16H18O3S/c1-11-6-7-15(14-5-3-2-4-13(11)14)16(17)12-8-9-20(18,19)10-12/h2-7,12,16-17H,8-10H2,1H3. The number of fused-ring (bicyclic) bond motifs is 1. The zero-order valence-corrected chi connectivity index (χ0v) is 12.2. The Morgan fingerprint density at radius 1 is 1.15 bits per heavy atom. The lowest BCUT2D eigenvalue weighted by Crippen LogP contribution is -2.14. The van der Waals surface area contributed by atoms with Crippen LogP contribution in [0.25, 0.3) is 10.8 Å². The summed E-state index contributed by atoms with van der Waals surface area (Å²) in [6.07, 6.45) is -0.163. The van der Waals surface area contributed by atoms with Crippen LogP contribution in [0.5, 0.6) is 0 Å². The van der Waals surface area contributed by atoms with Crippen molar-refractivity contribution in [1.82, 2.24) is 0 Å². The number of rotatable bonds is 2. The summed E-state index contributed by atoms with van der Waals surface area (Å²) in [5.41, 5.74) is 2.00. The molecule has 4 heteroatoms. The fourth-order valence-electron chi connectivity index (χ4n) is 3.06. The third-order valence-corrected chi connectivity index (χ3v) is 6.00. The van der Waals surface area contributed by atoms with Crippen LogP contribution < -0.4 is 0 Å². The highest BCUT2D eigenvalue weighted by molar-refractivity contribution is 7.91. The zero-order chi connectivity index (χ0) is 14.3. The van der Waals surface area contributed by atoms with E-state index in [1.807, 2.05) is 43.3 Å². The highest BCUT2D eigenvalue weighted by Gasteiger charge is 2.34. The average molecular weight is 290 g/mol. The van der Waals surface area contributed by atoms with Gasteiger partial charge in [-0.1, -0.05) is 36.4 Å². The van der Waals surface area contributed by atoms with Gasteiger partial charge in [-0.05, 0) is 35.2 Å². The number of hydrogen-bond acceptors (Lipinski definition) is 3. The summed E-state index contributed by atoms with van der Waals surface area (Å²) in [5.74, 6) is 0.0978. The van der Waals surface area contributed by atoms with Gasteiger partial charge in [0, 0.05) is 5.92 Å². The van der Waals surface area contributed by atoms with Crippen molar-refractivity contribution in [3.63, 3.8) is 0 Å². The molecule has 20 heavy (non-hydrogen) atoms. The highest BCUT2D eigenvalue weighted by atomic mass is 32.2. The van der Waals surface area contributed by atoms with E-state index in [-0.39, 0.29) is 17.4 Å². The fourth-order valence-corrected chi connectivity index (χ4v) is 4.89. The van der Waals surface area contributed by atoms with Crippen LogP contribution in [0.4, 0.5) is 0 Å². The molecule has 3 rings (SSSR count). The number of aryl methyl sites for hydroxylation is 1. The monoisotopic (exact) mass is 290 g/mol. The Morgan fingerprint density at radius 2 is 1.85 bits per heavy atom. The summed E-state index contributed by atoms with van der Waals surface area (Å²) in [5, 5.41) is 12.7. The second-order valence-electron chi connectivity index (χ2n) is 5.63. The summed E-state index contributed by atoms with van der Waals surface area (Å²) < 4.78 is 23.2. The molecule has 0 radical (unpaired) electrons. The second-order valence-corrected chi connectivity index (χ2v) is 7.85. The van der Waals surface area contributed by atoms with Crippen LogP contribution >= 0.6 is 0 Å². The normalized spacial score (nSPS) is 23.0. The predicted molar refractivity (Wildman–Crippen MR) is 80.4 cm³/mol. The largest absolute Gasteiger partial charge is 0.388 e. The minimum absolute atomic E-state index is 0.0936. The lowest BCUT2D eigenvalue weighted by atomic mass is 9.90. The third-order valence-electron chi connectivity index (χ3n) is 4.21. The maximum atomic E-state index is 11.6. The predicted octanol–water partition coefficient (Wildman–Crippen LogP) is 2.62. The molecule has 2 aromatic rings. The zero-order valence-electron chi connectivity index (χ0n) is 11.4. The number of hydrogen-bond donors (Lipinski definition) is 1. The second kappa shape index (κ2) is 4.86. The van der Waals surface area contributed by atoms with Crippen LogP contribution in [0.3, 0.4) is 0 Å². The van der Waals surface area contributed by atoms with E-state index in [4.69, 9.17) is 0 Å². The number of sulfone groups is 1. The van der Waals surface area contributed by atoms with Crippen molar-refractivity contribution in [2.75, 3.05) is 11.5 Å². The first kappa shape index (κ1) is 13.6. The van der Waals surface area contributed by atoms with Crippen LogP contribution in [-0.2, 0) is 9.84 Å². The van der Waals surface area contributed by atoms with Gasteiger partial charge in [-0.25, -0.2) is 8.42 Å². The van der Waals surface area contributed by atoms with Gasteiger partial charge in [0.25, 0.3) is 0 Å². The number of benzene rings is 2. The van der Waals surface area contributed by atoms with Crippen LogP contribution in [-0.4, -0.2) is 25.0 Å². The molecule has 2 unspecified atom stereocenters. The SMILES string of the molecule is Cc1ccc(C(O)C2CCS(=O)(=O)C2)c2ccccc12. The Balaban J connectivity index is 2.04. The van der Waals surface area contributed by atoms with E-state index in [1.165, 1.54) is 0 Å². The van der Waals surface area contributed by atoms with E-state index in [1.54, 1.807) is 0 Å². The Bertz CT molecular complexity index is 749. The number of aliphatic hydroxyl groups is 1. The van der Waals surface area contributed by atoms with E-state index in [0.717, 1.165) is 21.9 Å². The quantitative estimate of drug-likeness (QED) is 0.925. The third kappa shape index (κ3) is 2.34. The summed E-state index contributed by atoms with van der Waals surface area (Å²) in [6.45, 7) is 2.04. The Labute approximate surface area is 119 Å². The van der Waals surface area contributed by atoms with Gasteiger partial charge < -0.3 is 5.11 Å². The first-order chi connectivity index (χ1) is 9.48. The van der Waals surface area contributed by atoms with Crippen LogP contribution in [0.2, 0.25) is 0 Å². The molecule has 1 saturated heterocycles. The molecule has 1 fully saturated rings. The maximum absolute atomic E-state index is 11.6. The summed E-state index contributed by atoms with van der Waals surface area (Å²) >= 11 is 0. The van der Waals surface area contributed by atoms with Crippen LogP contribution in [0.1, 0.15) is 23.7 Å². The highest BCUT2D eigenvalue weighted by Crippen LogP contribution is 2.35. The van der Waals surface area contributed by atoms with E-state index in [0.29, 0.717) is 6.42 Å². The smallest absolute Gasteiger partial charge is 0.150 e. The molecule has 1 N–H and O–H groups in total. The van der Waals surface area contributed by atoms with Crippen molar-refractivity contribution in [1.29, 1.82) is 0 Å². The molecule has 2 atom stereocenters. The van der Waals surface area contributed by atoms with Gasteiger partial charge in [0.05, 0.1) is 17.6 Å². The average Bonchev–Trinajstić information content (AvgIpc) is 2.79. The number of aliphatic hydroxyl groups excluding tert-OH is 1. The fraction of sp³-hybridized carbons (Fsp3) is 0.375. The lowest BCUT2D eigenvalue weighted by molar-refractivity contribution is 0.122. The van der Waals surface area contributed by atoms with Gasteiger partial charge in [0.2, 0.25) is 0 Å². The van der Waals surface area contributed by atoms with E-state index in [2.05, 4.69) is 0 Å². The van der Waals surface area contributed by atoms with Gasteiger partial charge in [0.15, 0.2) is 9.84 Å². The Morgan fingerprint density at radius 3 is 2.50 bits per heavy atom. The van der Waals surface area contributed by atoms with E-state index >= 15 is 0 Å². The van der Waals surface area contributed by atoms with E-state index < -0.39 is 15.9 Å². The Kier molecular flexibility index (Phi) is 3.30. The molecule has 1 heterocycles. The first-order valence-electron chi connectivity index (χ1n) is 6.85. The van der Waals surface area contributed by atoms with Gasteiger partial charge >= 0.3 is 0 Å². The summed E-state index contributed by atoms with van der Waals surface area (Å²) in [4.78, 5) is 0. The van der Waals surface area contributed by atoms with Crippen molar-refractivity contribution < 1.29 is 13.5 Å². The topological polar surface area (TPSA) is 54.4 Å². The molecule has 0 saturated carbocycles. The molecule has 1 aliphatic heterocycles. The summed E-state index contributed by atoms with van der Waals surface area (Å²) in [6, 6.07) is 11.9. The van der Waals surface area contributed by atoms with Crippen molar-refractivity contribution in [3.05, 3.63) is 47.5 Å². The minimum atomic E-state index is -2.97. The molecule has 106 valence electrons. The lowest BCUT2D eigenvalue weighted by Gasteiger charge is -2.19. The van der Waals surface area contributed by atoms with Gasteiger partial charge in [-0.15, -0.1) is 0 Å². The van der Waals surface area contributed by atoms with Crippen molar-refractivity contribution in [3.8, 4) is 0 Å². The van der Waals surface area contributed by atoms with Crippen molar-refractivity contribution >= 4 is 20.6 Å². The minimum Gasteiger partial charge on any atom is -0.388 e. The maximum Gasteiger partial charge on any atom is 0.150 e. The summed E-state index contributed by atoms with van der Waals surface area (Å²) in [7, 11) is -2.97. The molecule has 1 aliphatic rings. The van der Waals surface area contributed by atoms with Gasteiger partial charge in [0.1, 0.15) is 0 Å². The van der Waals surface area contributed by atoms with E-state index in [9.17, 15) is 13.5 Å². The van der Waals surface area contributed by atoms with Crippen LogP contribution in [0, 0.1) is 12.8 Å². The molecule has 0 spiro atoms. The van der Waals surface area contributed by atoms with Crippen molar-refractivity contribution in [2.45, 2.75) is 19.4 Å². The molecule has 0 aromatic heterocycles. The first-order valence-corrected chi connectivity index (χ1v) is 8.67. The molecule has 0 amide bonds. The molecule has 3 nitrogen and oxygen atoms in total. The molecular weight excluding hydrogens is 272 g/mol. The molecular formula is C16H18O3S. The molecule has 0 aliphatic carbocycles. The Hall–Kier alpha value is -1.39. The van der Waals surface area contributed by atoms with Crippen molar-refractivity contribution in [2.24, 2.45) is 5.92 Å². The molecule has 0 bridgehead atoms. The van der Waals surface area contributed by atoms with Gasteiger partial charge in [-0.2, -0.15) is 0 Å². The molecule has 2 aromatic carbocycles.